The third kappa shape index (κ3) is 4.27. The van der Waals surface area contributed by atoms with Crippen molar-refractivity contribution >= 4 is 29.5 Å². The Morgan fingerprint density at radius 1 is 1.14 bits per heavy atom. The van der Waals surface area contributed by atoms with Crippen LogP contribution in [-0.2, 0) is 0 Å². The first-order valence-electron chi connectivity index (χ1n) is 7.95. The van der Waals surface area contributed by atoms with Gasteiger partial charge in [0.25, 0.3) is 5.56 Å². The van der Waals surface area contributed by atoms with Gasteiger partial charge in [0.15, 0.2) is 0 Å². The Bertz CT molecular complexity index is 1150. The Morgan fingerprint density at radius 2 is 1.89 bits per heavy atom. The molecule has 142 valence electrons. The average molecular weight is 400 g/mol. The van der Waals surface area contributed by atoms with Crippen molar-refractivity contribution in [2.75, 3.05) is 5.32 Å². The number of anilines is 1. The average Bonchev–Trinajstić information content (AvgIpc) is 2.65. The van der Waals surface area contributed by atoms with Crippen LogP contribution in [-0.4, -0.2) is 26.9 Å². The third-order valence-corrected chi connectivity index (χ3v) is 3.81. The highest BCUT2D eigenvalue weighted by molar-refractivity contribution is 6.30. The molecule has 0 saturated heterocycles. The molecule has 2 aromatic carbocycles. The van der Waals surface area contributed by atoms with Crippen molar-refractivity contribution in [1.29, 1.82) is 0 Å². The van der Waals surface area contributed by atoms with E-state index in [1.165, 1.54) is 12.1 Å². The van der Waals surface area contributed by atoms with E-state index in [1.807, 2.05) is 0 Å². The molecule has 0 saturated carbocycles. The van der Waals surface area contributed by atoms with E-state index >= 15 is 0 Å². The topological polar surface area (TPSA) is 129 Å². The van der Waals surface area contributed by atoms with Gasteiger partial charge in [-0.05, 0) is 30.3 Å². The van der Waals surface area contributed by atoms with Gasteiger partial charge in [-0.2, -0.15) is 5.10 Å². The molecule has 1 aromatic heterocycles. The molecular weight excluding hydrogens is 386 g/mol. The number of urea groups is 1. The van der Waals surface area contributed by atoms with E-state index in [1.54, 1.807) is 42.5 Å². The standard InChI is InChI=1S/C18H14ClN5O4/c19-11-5-4-8-13(9-11)24-16(26)14(15(25)22-18(24)28)10-20-23-17(27)21-12-6-2-1-3-7-12/h1-10,26H,(H2,21,23,27)(H,22,25,28)/b20-10+. The monoisotopic (exact) mass is 399 g/mol. The Morgan fingerprint density at radius 3 is 2.61 bits per heavy atom. The van der Waals surface area contributed by atoms with E-state index < -0.39 is 23.2 Å². The summed E-state index contributed by atoms with van der Waals surface area (Å²) < 4.78 is 0.860. The second-order valence-electron chi connectivity index (χ2n) is 5.50. The van der Waals surface area contributed by atoms with Gasteiger partial charge >= 0.3 is 11.7 Å². The molecule has 0 unspecified atom stereocenters. The number of hydrogen-bond acceptors (Lipinski definition) is 5. The maximum absolute atomic E-state index is 12.1. The van der Waals surface area contributed by atoms with E-state index in [0.29, 0.717) is 10.7 Å². The number of nitrogens with zero attached hydrogens (tertiary/aromatic N) is 2. The van der Waals surface area contributed by atoms with Crippen LogP contribution in [0.3, 0.4) is 0 Å². The fourth-order valence-corrected chi connectivity index (χ4v) is 2.53. The molecule has 0 bridgehead atoms. The van der Waals surface area contributed by atoms with Crippen molar-refractivity contribution in [3.8, 4) is 11.6 Å². The predicted molar refractivity (Wildman–Crippen MR) is 106 cm³/mol. The minimum atomic E-state index is -0.866. The van der Waals surface area contributed by atoms with Crippen molar-refractivity contribution < 1.29 is 9.90 Å². The Hall–Kier alpha value is -3.85. The second kappa shape index (κ2) is 8.23. The third-order valence-electron chi connectivity index (χ3n) is 3.58. The zero-order chi connectivity index (χ0) is 20.1. The molecule has 10 heteroatoms. The molecule has 3 aromatic rings. The van der Waals surface area contributed by atoms with Gasteiger partial charge in [0, 0.05) is 10.7 Å². The largest absolute Gasteiger partial charge is 0.493 e. The fraction of sp³-hybridized carbons (Fsp3) is 0. The lowest BCUT2D eigenvalue weighted by molar-refractivity contribution is 0.252. The molecule has 0 spiro atoms. The molecule has 9 nitrogen and oxygen atoms in total. The summed E-state index contributed by atoms with van der Waals surface area (Å²) in [6.45, 7) is 0. The number of nitrogens with one attached hydrogen (secondary N) is 3. The van der Waals surface area contributed by atoms with Gasteiger partial charge in [-0.15, -0.1) is 0 Å². The lowest BCUT2D eigenvalue weighted by atomic mass is 10.3. The summed E-state index contributed by atoms with van der Waals surface area (Å²) in [5, 5.41) is 16.9. The molecule has 1 heterocycles. The van der Waals surface area contributed by atoms with Gasteiger partial charge in [-0.25, -0.2) is 19.6 Å². The normalized spacial score (nSPS) is 10.8. The Labute approximate surface area is 162 Å². The number of benzene rings is 2. The molecular formula is C18H14ClN5O4. The summed E-state index contributed by atoms with van der Waals surface area (Å²) in [6.07, 6.45) is 0.930. The van der Waals surface area contributed by atoms with Crippen LogP contribution in [0.25, 0.3) is 5.69 Å². The highest BCUT2D eigenvalue weighted by Crippen LogP contribution is 2.18. The minimum absolute atomic E-state index is 0.246. The number of halogens is 1. The predicted octanol–water partition coefficient (Wildman–Crippen LogP) is 2.04. The van der Waals surface area contributed by atoms with E-state index in [4.69, 9.17) is 11.6 Å². The SMILES string of the molecule is O=C(N/N=C/c1c(O)n(-c2cccc(Cl)c2)c(=O)[nH]c1=O)Nc1ccccc1. The van der Waals surface area contributed by atoms with E-state index in [-0.39, 0.29) is 11.3 Å². The number of rotatable bonds is 4. The van der Waals surface area contributed by atoms with Gasteiger partial charge in [-0.3, -0.25) is 9.78 Å². The molecule has 0 radical (unpaired) electrons. The molecule has 4 N–H and O–H groups in total. The van der Waals surface area contributed by atoms with Crippen molar-refractivity contribution in [2.24, 2.45) is 5.10 Å². The molecule has 0 aliphatic rings. The zero-order valence-corrected chi connectivity index (χ0v) is 15.0. The van der Waals surface area contributed by atoms with Crippen molar-refractivity contribution in [3.05, 3.63) is 86.0 Å². The number of hydrazone groups is 1. The number of carbonyl (C=O) groups is 1. The smallest absolute Gasteiger partial charge is 0.339 e. The summed E-state index contributed by atoms with van der Waals surface area (Å²) in [7, 11) is 0. The number of hydrogen-bond donors (Lipinski definition) is 4. The lowest BCUT2D eigenvalue weighted by Gasteiger charge is -2.09. The maximum atomic E-state index is 12.1. The van der Waals surface area contributed by atoms with Gasteiger partial charge in [-0.1, -0.05) is 35.9 Å². The van der Waals surface area contributed by atoms with E-state index in [0.717, 1.165) is 10.8 Å². The summed E-state index contributed by atoms with van der Waals surface area (Å²) in [5.41, 5.74) is 0.921. The summed E-state index contributed by atoms with van der Waals surface area (Å²) in [6, 6.07) is 14.1. The zero-order valence-electron chi connectivity index (χ0n) is 14.2. The van der Waals surface area contributed by atoms with Crippen molar-refractivity contribution in [3.63, 3.8) is 0 Å². The Kier molecular flexibility index (Phi) is 5.56. The van der Waals surface area contributed by atoms with E-state index in [2.05, 4.69) is 20.8 Å². The van der Waals surface area contributed by atoms with Crippen LogP contribution in [0.2, 0.25) is 5.02 Å². The molecule has 2 amide bonds. The first-order chi connectivity index (χ1) is 13.5. The van der Waals surface area contributed by atoms with Gasteiger partial charge in [0.1, 0.15) is 5.56 Å². The molecule has 0 atom stereocenters. The molecule has 3 rings (SSSR count). The summed E-state index contributed by atoms with van der Waals surface area (Å²) in [4.78, 5) is 38.0. The highest BCUT2D eigenvalue weighted by atomic mass is 35.5. The number of aromatic amines is 1. The van der Waals surface area contributed by atoms with Gasteiger partial charge in [0.2, 0.25) is 5.88 Å². The van der Waals surface area contributed by atoms with Crippen LogP contribution in [0.1, 0.15) is 5.56 Å². The van der Waals surface area contributed by atoms with Crippen LogP contribution < -0.4 is 22.0 Å². The van der Waals surface area contributed by atoms with Crippen molar-refractivity contribution in [1.82, 2.24) is 15.0 Å². The molecule has 28 heavy (non-hydrogen) atoms. The Balaban J connectivity index is 1.85. The van der Waals surface area contributed by atoms with Crippen LogP contribution in [0.5, 0.6) is 5.88 Å². The molecule has 0 aliphatic heterocycles. The number of aromatic hydroxyl groups is 1. The van der Waals surface area contributed by atoms with Crippen LogP contribution >= 0.6 is 11.6 Å². The van der Waals surface area contributed by atoms with Crippen molar-refractivity contribution in [2.45, 2.75) is 0 Å². The van der Waals surface area contributed by atoms with Gasteiger partial charge in [0.05, 0.1) is 11.9 Å². The number of amides is 2. The van der Waals surface area contributed by atoms with Crippen LogP contribution in [0.15, 0.2) is 69.3 Å². The van der Waals surface area contributed by atoms with Crippen LogP contribution in [0, 0.1) is 0 Å². The fourth-order valence-electron chi connectivity index (χ4n) is 2.35. The first-order valence-corrected chi connectivity index (χ1v) is 8.33. The van der Waals surface area contributed by atoms with E-state index in [9.17, 15) is 19.5 Å². The van der Waals surface area contributed by atoms with Crippen LogP contribution in [0.4, 0.5) is 10.5 Å². The first kappa shape index (κ1) is 18.9. The number of aromatic nitrogens is 2. The molecule has 0 fully saturated rings. The lowest BCUT2D eigenvalue weighted by Crippen LogP contribution is -2.32. The number of H-pyrrole nitrogens is 1. The highest BCUT2D eigenvalue weighted by Gasteiger charge is 2.14. The summed E-state index contributed by atoms with van der Waals surface area (Å²) in [5.74, 6) is -0.648. The minimum Gasteiger partial charge on any atom is -0.493 e. The summed E-state index contributed by atoms with van der Waals surface area (Å²) >= 11 is 5.91. The maximum Gasteiger partial charge on any atom is 0.339 e. The molecule has 0 aliphatic carbocycles. The second-order valence-corrected chi connectivity index (χ2v) is 5.94. The quantitative estimate of drug-likeness (QED) is 0.395. The number of para-hydroxylation sites is 1. The number of carbonyl (C=O) groups excluding carboxylic acids is 1. The van der Waals surface area contributed by atoms with Gasteiger partial charge < -0.3 is 10.4 Å².